The van der Waals surface area contributed by atoms with Gasteiger partial charge in [0.25, 0.3) is 0 Å². The molecule has 0 radical (unpaired) electrons. The van der Waals surface area contributed by atoms with Gasteiger partial charge in [-0.15, -0.1) is 0 Å². The molecule has 0 aliphatic heterocycles. The number of carboxylic acids is 1. The predicted octanol–water partition coefficient (Wildman–Crippen LogP) is -0.946. The minimum atomic E-state index is -1.35. The molecule has 1 rings (SSSR count). The summed E-state index contributed by atoms with van der Waals surface area (Å²) in [6, 6.07) is -2.04. The first-order valence-electron chi connectivity index (χ1n) is 5.64. The highest BCUT2D eigenvalue weighted by atomic mass is 16.5. The number of aryl methyl sites for hydroxylation is 1. The van der Waals surface area contributed by atoms with E-state index < -0.39 is 24.1 Å². The summed E-state index contributed by atoms with van der Waals surface area (Å²) in [4.78, 5) is 26.1. The maximum Gasteiger partial charge on any atom is 0.328 e. The van der Waals surface area contributed by atoms with E-state index in [9.17, 15) is 14.7 Å². The number of rotatable bonds is 6. The van der Waals surface area contributed by atoms with Gasteiger partial charge in [0, 0.05) is 19.9 Å². The summed E-state index contributed by atoms with van der Waals surface area (Å²) in [5.41, 5.74) is 0. The number of aromatic nitrogens is 2. The van der Waals surface area contributed by atoms with Gasteiger partial charge in [-0.3, -0.25) is 0 Å². The highest BCUT2D eigenvalue weighted by molar-refractivity contribution is 5.82. The molecule has 9 heteroatoms. The zero-order valence-electron chi connectivity index (χ0n) is 10.6. The highest BCUT2D eigenvalue weighted by Gasteiger charge is 2.24. The van der Waals surface area contributed by atoms with Crippen molar-refractivity contribution >= 4 is 12.0 Å². The fourth-order valence-electron chi connectivity index (χ4n) is 1.31. The lowest BCUT2D eigenvalue weighted by molar-refractivity contribution is -0.141. The molecule has 1 aromatic heterocycles. The number of nitrogens with zero attached hydrogens (tertiary/aromatic N) is 2. The van der Waals surface area contributed by atoms with Gasteiger partial charge in [0.1, 0.15) is 0 Å². The summed E-state index contributed by atoms with van der Waals surface area (Å²) in [6.07, 6.45) is -0.833. The molecule has 4 N–H and O–H groups in total. The van der Waals surface area contributed by atoms with E-state index in [1.807, 2.05) is 0 Å². The molecule has 0 spiro atoms. The summed E-state index contributed by atoms with van der Waals surface area (Å²) in [6.45, 7) is 3.15. The molecular formula is C10H16N4O5. The molecule has 106 valence electrons. The highest BCUT2D eigenvalue weighted by Crippen LogP contribution is 1.95. The number of hydrogen-bond donors (Lipinski definition) is 4. The van der Waals surface area contributed by atoms with E-state index >= 15 is 0 Å². The van der Waals surface area contributed by atoms with Crippen molar-refractivity contribution < 1.29 is 24.3 Å². The number of carboxylic acid groups (broad SMARTS) is 1. The quantitative estimate of drug-likeness (QED) is 0.524. The van der Waals surface area contributed by atoms with Gasteiger partial charge in [0.2, 0.25) is 5.89 Å². The van der Waals surface area contributed by atoms with Crippen molar-refractivity contribution in [3.63, 3.8) is 0 Å². The Labute approximate surface area is 109 Å². The number of carbonyl (C=O) groups excluding carboxylic acids is 1. The van der Waals surface area contributed by atoms with Crippen LogP contribution < -0.4 is 10.6 Å². The molecule has 0 saturated carbocycles. The SMILES string of the molecule is Cc1nc(CCNC(=O)NC(C(=O)O)C(C)O)no1. The Kier molecular flexibility index (Phi) is 5.24. The van der Waals surface area contributed by atoms with Crippen LogP contribution in [0.25, 0.3) is 0 Å². The van der Waals surface area contributed by atoms with E-state index in [1.165, 1.54) is 6.92 Å². The zero-order chi connectivity index (χ0) is 14.4. The Balaban J connectivity index is 2.33. The first kappa shape index (κ1) is 14.9. The maximum atomic E-state index is 11.4. The summed E-state index contributed by atoms with van der Waals surface area (Å²) in [7, 11) is 0. The minimum absolute atomic E-state index is 0.219. The third-order valence-corrected chi connectivity index (χ3v) is 2.24. The lowest BCUT2D eigenvalue weighted by atomic mass is 10.2. The maximum absolute atomic E-state index is 11.4. The van der Waals surface area contributed by atoms with Gasteiger partial charge in [-0.2, -0.15) is 4.98 Å². The molecule has 1 aromatic rings. The van der Waals surface area contributed by atoms with Crippen molar-refractivity contribution in [2.45, 2.75) is 32.4 Å². The number of aliphatic carboxylic acids is 1. The average Bonchev–Trinajstić information content (AvgIpc) is 2.71. The average molecular weight is 272 g/mol. The smallest absolute Gasteiger partial charge is 0.328 e. The van der Waals surface area contributed by atoms with Crippen molar-refractivity contribution in [2.75, 3.05) is 6.54 Å². The molecule has 1 heterocycles. The third kappa shape index (κ3) is 4.92. The zero-order valence-corrected chi connectivity index (χ0v) is 10.6. The Morgan fingerprint density at radius 3 is 2.63 bits per heavy atom. The van der Waals surface area contributed by atoms with Gasteiger partial charge in [0.05, 0.1) is 6.10 Å². The Morgan fingerprint density at radius 1 is 1.47 bits per heavy atom. The lowest BCUT2D eigenvalue weighted by Crippen LogP contribution is -2.51. The first-order chi connectivity index (χ1) is 8.90. The number of amides is 2. The van der Waals surface area contributed by atoms with Crippen LogP contribution >= 0.6 is 0 Å². The van der Waals surface area contributed by atoms with Crippen molar-refractivity contribution in [1.29, 1.82) is 0 Å². The fraction of sp³-hybridized carbons (Fsp3) is 0.600. The topological polar surface area (TPSA) is 138 Å². The molecule has 0 aliphatic carbocycles. The second-order valence-corrected chi connectivity index (χ2v) is 3.94. The second kappa shape index (κ2) is 6.69. The largest absolute Gasteiger partial charge is 0.480 e. The molecule has 2 amide bonds. The fourth-order valence-corrected chi connectivity index (χ4v) is 1.31. The molecule has 0 bridgehead atoms. The number of aliphatic hydroxyl groups is 1. The van der Waals surface area contributed by atoms with E-state index in [-0.39, 0.29) is 6.54 Å². The van der Waals surface area contributed by atoms with Crippen LogP contribution in [0.3, 0.4) is 0 Å². The number of hydrogen-bond acceptors (Lipinski definition) is 6. The van der Waals surface area contributed by atoms with E-state index in [1.54, 1.807) is 6.92 Å². The summed E-state index contributed by atoms with van der Waals surface area (Å²) >= 11 is 0. The van der Waals surface area contributed by atoms with Crippen LogP contribution in [0.5, 0.6) is 0 Å². The van der Waals surface area contributed by atoms with E-state index in [2.05, 4.69) is 20.8 Å². The van der Waals surface area contributed by atoms with Crippen molar-refractivity contribution in [3.8, 4) is 0 Å². The van der Waals surface area contributed by atoms with Crippen molar-refractivity contribution in [3.05, 3.63) is 11.7 Å². The Morgan fingerprint density at radius 2 is 2.16 bits per heavy atom. The molecule has 2 atom stereocenters. The molecule has 0 saturated heterocycles. The van der Waals surface area contributed by atoms with Gasteiger partial charge in [-0.1, -0.05) is 5.16 Å². The monoisotopic (exact) mass is 272 g/mol. The molecular weight excluding hydrogens is 256 g/mol. The summed E-state index contributed by atoms with van der Waals surface area (Å²) in [5.74, 6) is -0.429. The molecule has 0 fully saturated rings. The van der Waals surface area contributed by atoms with Gasteiger partial charge >= 0.3 is 12.0 Å². The number of nitrogens with one attached hydrogen (secondary N) is 2. The van der Waals surface area contributed by atoms with Crippen LogP contribution in [0.15, 0.2) is 4.52 Å². The Hall–Kier alpha value is -2.16. The number of carbonyl (C=O) groups is 2. The Bertz CT molecular complexity index is 445. The normalized spacial score (nSPS) is 13.6. The summed E-state index contributed by atoms with van der Waals surface area (Å²) < 4.78 is 4.75. The number of aliphatic hydroxyl groups excluding tert-OH is 1. The molecule has 0 aliphatic rings. The standard InChI is InChI=1S/C10H16N4O5/c1-5(15)8(9(16)17)13-10(18)11-4-3-7-12-6(2)19-14-7/h5,8,15H,3-4H2,1-2H3,(H,16,17)(H2,11,13,18). The minimum Gasteiger partial charge on any atom is -0.480 e. The van der Waals surface area contributed by atoms with E-state index in [0.717, 1.165) is 0 Å². The van der Waals surface area contributed by atoms with Gasteiger partial charge in [-0.05, 0) is 6.92 Å². The van der Waals surface area contributed by atoms with Gasteiger partial charge in [0.15, 0.2) is 11.9 Å². The van der Waals surface area contributed by atoms with Gasteiger partial charge < -0.3 is 25.4 Å². The van der Waals surface area contributed by atoms with Crippen LogP contribution in [0.1, 0.15) is 18.6 Å². The first-order valence-corrected chi connectivity index (χ1v) is 5.64. The molecule has 2 unspecified atom stereocenters. The van der Waals surface area contributed by atoms with Crippen LogP contribution in [0.4, 0.5) is 4.79 Å². The van der Waals surface area contributed by atoms with Crippen molar-refractivity contribution in [2.24, 2.45) is 0 Å². The van der Waals surface area contributed by atoms with Crippen LogP contribution in [-0.2, 0) is 11.2 Å². The van der Waals surface area contributed by atoms with Gasteiger partial charge in [-0.25, -0.2) is 9.59 Å². The van der Waals surface area contributed by atoms with Crippen LogP contribution in [-0.4, -0.2) is 51.0 Å². The van der Waals surface area contributed by atoms with Crippen molar-refractivity contribution in [1.82, 2.24) is 20.8 Å². The third-order valence-electron chi connectivity index (χ3n) is 2.24. The predicted molar refractivity (Wildman–Crippen MR) is 62.4 cm³/mol. The van der Waals surface area contributed by atoms with E-state index in [4.69, 9.17) is 9.63 Å². The molecule has 19 heavy (non-hydrogen) atoms. The number of urea groups is 1. The molecule has 0 aromatic carbocycles. The van der Waals surface area contributed by atoms with Crippen LogP contribution in [0.2, 0.25) is 0 Å². The summed E-state index contributed by atoms with van der Waals surface area (Å²) in [5, 5.41) is 26.2. The molecule has 9 nitrogen and oxygen atoms in total. The van der Waals surface area contributed by atoms with E-state index in [0.29, 0.717) is 18.1 Å². The second-order valence-electron chi connectivity index (χ2n) is 3.94. The lowest BCUT2D eigenvalue weighted by Gasteiger charge is -2.17. The van der Waals surface area contributed by atoms with Crippen LogP contribution in [0, 0.1) is 6.92 Å².